The van der Waals surface area contributed by atoms with Crippen LogP contribution in [0.3, 0.4) is 0 Å². The second-order valence-corrected chi connectivity index (χ2v) is 5.68. The van der Waals surface area contributed by atoms with Crippen LogP contribution in [0.4, 0.5) is 0 Å². The molecule has 1 aromatic heterocycles. The molecule has 0 atom stereocenters. The molecule has 0 radical (unpaired) electrons. The van der Waals surface area contributed by atoms with Crippen molar-refractivity contribution in [3.05, 3.63) is 60.2 Å². The molecule has 20 heavy (non-hydrogen) atoms. The zero-order chi connectivity index (χ0) is 13.7. The standard InChI is InChI=1S/C19H16O/c1-12(2)15-8-5-9-16-17-10-13-6-3-4-7-14(13)11-18(17)20-19(15)16/h3-12H,1-2H3. The summed E-state index contributed by atoms with van der Waals surface area (Å²) in [7, 11) is 0. The number of hydrogen-bond donors (Lipinski definition) is 0. The van der Waals surface area contributed by atoms with Crippen LogP contribution in [0.5, 0.6) is 0 Å². The number of hydrogen-bond acceptors (Lipinski definition) is 1. The quantitative estimate of drug-likeness (QED) is 0.417. The molecule has 4 aromatic rings. The first-order valence-electron chi connectivity index (χ1n) is 7.08. The Morgan fingerprint density at radius 2 is 1.55 bits per heavy atom. The highest BCUT2D eigenvalue weighted by atomic mass is 16.3. The minimum absolute atomic E-state index is 0.466. The summed E-state index contributed by atoms with van der Waals surface area (Å²) in [5.41, 5.74) is 3.29. The van der Waals surface area contributed by atoms with Gasteiger partial charge < -0.3 is 4.42 Å². The highest BCUT2D eigenvalue weighted by molar-refractivity contribution is 6.10. The van der Waals surface area contributed by atoms with Gasteiger partial charge in [-0.05, 0) is 34.4 Å². The van der Waals surface area contributed by atoms with Crippen molar-refractivity contribution in [3.63, 3.8) is 0 Å². The summed E-state index contributed by atoms with van der Waals surface area (Å²) in [5.74, 6) is 0.466. The molecule has 0 amide bonds. The molecular formula is C19H16O. The van der Waals surface area contributed by atoms with Crippen molar-refractivity contribution in [3.8, 4) is 0 Å². The van der Waals surface area contributed by atoms with E-state index in [1.807, 2.05) is 0 Å². The number of furan rings is 1. The van der Waals surface area contributed by atoms with Crippen molar-refractivity contribution in [1.29, 1.82) is 0 Å². The number of rotatable bonds is 1. The number of fused-ring (bicyclic) bond motifs is 4. The molecule has 0 fully saturated rings. The molecule has 4 rings (SSSR count). The van der Waals surface area contributed by atoms with Crippen molar-refractivity contribution >= 4 is 32.7 Å². The van der Waals surface area contributed by atoms with Gasteiger partial charge in [-0.3, -0.25) is 0 Å². The molecule has 98 valence electrons. The SMILES string of the molecule is CC(C)c1cccc2c1oc1cc3ccccc3cc12. The van der Waals surface area contributed by atoms with Gasteiger partial charge in [-0.2, -0.15) is 0 Å². The Balaban J connectivity index is 2.19. The third-order valence-corrected chi connectivity index (χ3v) is 4.02. The van der Waals surface area contributed by atoms with Crippen LogP contribution in [0.25, 0.3) is 32.7 Å². The van der Waals surface area contributed by atoms with Crippen molar-refractivity contribution in [2.75, 3.05) is 0 Å². The maximum atomic E-state index is 6.15. The maximum absolute atomic E-state index is 6.15. The van der Waals surface area contributed by atoms with E-state index in [1.54, 1.807) is 0 Å². The van der Waals surface area contributed by atoms with Crippen LogP contribution < -0.4 is 0 Å². The van der Waals surface area contributed by atoms with Gasteiger partial charge >= 0.3 is 0 Å². The highest BCUT2D eigenvalue weighted by Gasteiger charge is 2.13. The van der Waals surface area contributed by atoms with Gasteiger partial charge in [0.25, 0.3) is 0 Å². The Kier molecular flexibility index (Phi) is 2.37. The van der Waals surface area contributed by atoms with Gasteiger partial charge in [0.05, 0.1) is 0 Å². The van der Waals surface area contributed by atoms with Crippen molar-refractivity contribution in [2.24, 2.45) is 0 Å². The van der Waals surface area contributed by atoms with Gasteiger partial charge in [0, 0.05) is 10.8 Å². The summed E-state index contributed by atoms with van der Waals surface area (Å²) >= 11 is 0. The molecule has 0 N–H and O–H groups in total. The summed E-state index contributed by atoms with van der Waals surface area (Å²) in [6, 6.07) is 19.3. The van der Waals surface area contributed by atoms with Crippen LogP contribution in [0.15, 0.2) is 59.0 Å². The Morgan fingerprint density at radius 3 is 2.30 bits per heavy atom. The van der Waals surface area contributed by atoms with E-state index in [0.29, 0.717) is 5.92 Å². The van der Waals surface area contributed by atoms with Crippen LogP contribution in [0.2, 0.25) is 0 Å². The molecule has 1 heterocycles. The lowest BCUT2D eigenvalue weighted by Gasteiger charge is -2.04. The van der Waals surface area contributed by atoms with Gasteiger partial charge in [0.1, 0.15) is 11.2 Å². The minimum Gasteiger partial charge on any atom is -0.456 e. The molecule has 1 nitrogen and oxygen atoms in total. The summed E-state index contributed by atoms with van der Waals surface area (Å²) in [5, 5.41) is 4.92. The van der Waals surface area contributed by atoms with Crippen LogP contribution in [0, 0.1) is 0 Å². The Hall–Kier alpha value is -2.28. The zero-order valence-corrected chi connectivity index (χ0v) is 11.7. The molecule has 0 saturated heterocycles. The molecule has 0 unspecified atom stereocenters. The first kappa shape index (κ1) is 11.5. The molecule has 3 aromatic carbocycles. The van der Waals surface area contributed by atoms with E-state index in [2.05, 4.69) is 68.4 Å². The summed E-state index contributed by atoms with van der Waals surface area (Å²) in [4.78, 5) is 0. The van der Waals surface area contributed by atoms with Gasteiger partial charge in [-0.1, -0.05) is 56.3 Å². The van der Waals surface area contributed by atoms with E-state index in [1.165, 1.54) is 27.1 Å². The molecule has 0 bridgehead atoms. The van der Waals surface area contributed by atoms with E-state index in [9.17, 15) is 0 Å². The average molecular weight is 260 g/mol. The predicted molar refractivity (Wildman–Crippen MR) is 85.3 cm³/mol. The summed E-state index contributed by atoms with van der Waals surface area (Å²) in [6.45, 7) is 4.41. The first-order chi connectivity index (χ1) is 9.74. The lowest BCUT2D eigenvalue weighted by Crippen LogP contribution is -1.86. The van der Waals surface area contributed by atoms with Gasteiger partial charge in [-0.25, -0.2) is 0 Å². The molecule has 0 saturated carbocycles. The maximum Gasteiger partial charge on any atom is 0.138 e. The smallest absolute Gasteiger partial charge is 0.138 e. The lowest BCUT2D eigenvalue weighted by molar-refractivity contribution is 0.657. The first-order valence-corrected chi connectivity index (χ1v) is 7.08. The summed E-state index contributed by atoms with van der Waals surface area (Å²) in [6.07, 6.45) is 0. The van der Waals surface area contributed by atoms with Crippen molar-refractivity contribution < 1.29 is 4.42 Å². The van der Waals surface area contributed by atoms with Crippen LogP contribution >= 0.6 is 0 Å². The average Bonchev–Trinajstić information content (AvgIpc) is 2.82. The van der Waals surface area contributed by atoms with E-state index < -0.39 is 0 Å². The lowest BCUT2D eigenvalue weighted by atomic mass is 10.00. The molecule has 0 aliphatic heterocycles. The highest BCUT2D eigenvalue weighted by Crippen LogP contribution is 2.35. The van der Waals surface area contributed by atoms with Gasteiger partial charge in [0.15, 0.2) is 0 Å². The van der Waals surface area contributed by atoms with Crippen molar-refractivity contribution in [2.45, 2.75) is 19.8 Å². The van der Waals surface area contributed by atoms with Crippen molar-refractivity contribution in [1.82, 2.24) is 0 Å². The Labute approximate surface area is 117 Å². The fraction of sp³-hybridized carbons (Fsp3) is 0.158. The monoisotopic (exact) mass is 260 g/mol. The molecule has 0 aliphatic carbocycles. The van der Waals surface area contributed by atoms with E-state index in [0.717, 1.165) is 11.2 Å². The van der Waals surface area contributed by atoms with Gasteiger partial charge in [-0.15, -0.1) is 0 Å². The Morgan fingerprint density at radius 1 is 0.800 bits per heavy atom. The van der Waals surface area contributed by atoms with E-state index >= 15 is 0 Å². The second-order valence-electron chi connectivity index (χ2n) is 5.68. The molecule has 0 aliphatic rings. The van der Waals surface area contributed by atoms with Gasteiger partial charge in [0.2, 0.25) is 0 Å². The number of para-hydroxylation sites is 1. The molecule has 1 heteroatoms. The van der Waals surface area contributed by atoms with Crippen LogP contribution in [-0.2, 0) is 0 Å². The van der Waals surface area contributed by atoms with E-state index in [-0.39, 0.29) is 0 Å². The Bertz CT molecular complexity index is 928. The normalized spacial score (nSPS) is 11.9. The third kappa shape index (κ3) is 1.56. The zero-order valence-electron chi connectivity index (χ0n) is 11.7. The van der Waals surface area contributed by atoms with E-state index in [4.69, 9.17) is 4.42 Å². The second kappa shape index (κ2) is 4.11. The largest absolute Gasteiger partial charge is 0.456 e. The molecule has 0 spiro atoms. The minimum atomic E-state index is 0.466. The third-order valence-electron chi connectivity index (χ3n) is 4.02. The number of benzene rings is 3. The molecular weight excluding hydrogens is 244 g/mol. The fourth-order valence-corrected chi connectivity index (χ4v) is 2.96. The fourth-order valence-electron chi connectivity index (χ4n) is 2.96. The van der Waals surface area contributed by atoms with Crippen LogP contribution in [-0.4, -0.2) is 0 Å². The summed E-state index contributed by atoms with van der Waals surface area (Å²) < 4.78 is 6.15. The predicted octanol–water partition coefficient (Wildman–Crippen LogP) is 5.86. The topological polar surface area (TPSA) is 13.1 Å². The van der Waals surface area contributed by atoms with Crippen LogP contribution in [0.1, 0.15) is 25.3 Å².